The predicted molar refractivity (Wildman–Crippen MR) is 86.0 cm³/mol. The smallest absolute Gasteiger partial charge is 0.250 e. The number of rotatable bonds is 4. The van der Waals surface area contributed by atoms with Crippen molar-refractivity contribution in [2.45, 2.75) is 6.92 Å². The zero-order chi connectivity index (χ0) is 16.4. The van der Waals surface area contributed by atoms with Gasteiger partial charge in [-0.15, -0.1) is 0 Å². The van der Waals surface area contributed by atoms with E-state index in [-0.39, 0.29) is 5.75 Å². The lowest BCUT2D eigenvalue weighted by molar-refractivity contribution is 0.1000. The number of para-hydroxylation sites is 2. The molecule has 0 bridgehead atoms. The van der Waals surface area contributed by atoms with E-state index in [1.165, 1.54) is 6.07 Å². The highest BCUT2D eigenvalue weighted by atomic mass is 19.1. The molecule has 3 N–H and O–H groups in total. The first-order chi connectivity index (χ1) is 11.1. The number of ether oxygens (including phenoxy) is 1. The van der Waals surface area contributed by atoms with E-state index in [0.717, 1.165) is 0 Å². The van der Waals surface area contributed by atoms with Crippen molar-refractivity contribution in [3.63, 3.8) is 0 Å². The first-order valence-corrected chi connectivity index (χ1v) is 7.07. The monoisotopic (exact) mass is 310 g/mol. The summed E-state index contributed by atoms with van der Waals surface area (Å²) in [5, 5.41) is 0. The van der Waals surface area contributed by atoms with Gasteiger partial charge in [0.1, 0.15) is 5.75 Å². The van der Waals surface area contributed by atoms with Gasteiger partial charge in [0.2, 0.25) is 0 Å². The van der Waals surface area contributed by atoms with Crippen LogP contribution in [0.4, 0.5) is 4.39 Å². The number of carbonyl (C=O) groups is 1. The first kappa shape index (κ1) is 14.8. The van der Waals surface area contributed by atoms with Crippen molar-refractivity contribution >= 4 is 5.91 Å². The van der Waals surface area contributed by atoms with Crippen molar-refractivity contribution in [3.05, 3.63) is 71.7 Å². The van der Waals surface area contributed by atoms with Gasteiger partial charge in [-0.2, -0.15) is 0 Å². The predicted octanol–water partition coefficient (Wildman–Crippen LogP) is 4.02. The minimum absolute atomic E-state index is 0.137. The highest BCUT2D eigenvalue weighted by molar-refractivity contribution is 5.95. The van der Waals surface area contributed by atoms with Crippen molar-refractivity contribution in [3.8, 4) is 22.8 Å². The summed E-state index contributed by atoms with van der Waals surface area (Å²) < 4.78 is 19.5. The molecule has 0 aliphatic rings. The molecule has 0 aliphatic heterocycles. The fourth-order valence-electron chi connectivity index (χ4n) is 2.38. The van der Waals surface area contributed by atoms with E-state index in [1.54, 1.807) is 43.3 Å². The third-order valence-electron chi connectivity index (χ3n) is 3.51. The SMILES string of the molecule is Cc1[nH]c(-c2ccccc2Oc2ccccc2F)cc1C(N)=O. The van der Waals surface area contributed by atoms with Crippen LogP contribution in [0.15, 0.2) is 54.6 Å². The minimum atomic E-state index is -0.502. The summed E-state index contributed by atoms with van der Waals surface area (Å²) in [6.07, 6.45) is 0. The number of hydrogen-bond donors (Lipinski definition) is 2. The number of amides is 1. The molecule has 5 heteroatoms. The molecular weight excluding hydrogens is 295 g/mol. The molecule has 23 heavy (non-hydrogen) atoms. The standard InChI is InChI=1S/C18H15FN2O2/c1-11-13(18(20)22)10-15(21-11)12-6-2-4-8-16(12)23-17-9-5-3-7-14(17)19/h2-10,21H,1H3,(H2,20,22). The minimum Gasteiger partial charge on any atom is -0.454 e. The summed E-state index contributed by atoms with van der Waals surface area (Å²) in [7, 11) is 0. The Morgan fingerprint density at radius 1 is 1.09 bits per heavy atom. The second-order valence-electron chi connectivity index (χ2n) is 5.11. The topological polar surface area (TPSA) is 68.1 Å². The molecule has 4 nitrogen and oxygen atoms in total. The van der Waals surface area contributed by atoms with E-state index < -0.39 is 11.7 Å². The number of hydrogen-bond acceptors (Lipinski definition) is 2. The number of halogens is 1. The molecular formula is C18H15FN2O2. The third kappa shape index (κ3) is 2.94. The van der Waals surface area contributed by atoms with Gasteiger partial charge in [-0.25, -0.2) is 4.39 Å². The largest absolute Gasteiger partial charge is 0.454 e. The van der Waals surface area contributed by atoms with E-state index in [0.29, 0.717) is 28.3 Å². The van der Waals surface area contributed by atoms with E-state index in [2.05, 4.69) is 4.98 Å². The quantitative estimate of drug-likeness (QED) is 0.764. The van der Waals surface area contributed by atoms with Gasteiger partial charge in [-0.3, -0.25) is 4.79 Å². The van der Waals surface area contributed by atoms with Crippen molar-refractivity contribution in [1.29, 1.82) is 0 Å². The Bertz CT molecular complexity index is 871. The molecule has 116 valence electrons. The Balaban J connectivity index is 2.03. The third-order valence-corrected chi connectivity index (χ3v) is 3.51. The fourth-order valence-corrected chi connectivity index (χ4v) is 2.38. The van der Waals surface area contributed by atoms with E-state index in [1.807, 2.05) is 12.1 Å². The number of carbonyl (C=O) groups excluding carboxylic acids is 1. The van der Waals surface area contributed by atoms with Gasteiger partial charge < -0.3 is 15.5 Å². The fraction of sp³-hybridized carbons (Fsp3) is 0.0556. The van der Waals surface area contributed by atoms with Crippen LogP contribution < -0.4 is 10.5 Å². The lowest BCUT2D eigenvalue weighted by Crippen LogP contribution is -2.10. The summed E-state index contributed by atoms with van der Waals surface area (Å²) >= 11 is 0. The van der Waals surface area contributed by atoms with Crippen molar-refractivity contribution < 1.29 is 13.9 Å². The Morgan fingerprint density at radius 3 is 2.39 bits per heavy atom. The van der Waals surface area contributed by atoms with Crippen molar-refractivity contribution in [2.75, 3.05) is 0 Å². The second kappa shape index (κ2) is 5.96. The highest BCUT2D eigenvalue weighted by Crippen LogP contribution is 2.34. The number of aromatic amines is 1. The van der Waals surface area contributed by atoms with Crippen molar-refractivity contribution in [1.82, 2.24) is 4.98 Å². The molecule has 3 aromatic rings. The molecule has 0 unspecified atom stereocenters. The summed E-state index contributed by atoms with van der Waals surface area (Å²) in [6, 6.07) is 15.1. The normalized spacial score (nSPS) is 10.5. The van der Waals surface area contributed by atoms with Crippen LogP contribution in [0, 0.1) is 12.7 Å². The van der Waals surface area contributed by atoms with Crippen molar-refractivity contribution in [2.24, 2.45) is 5.73 Å². The first-order valence-electron chi connectivity index (χ1n) is 7.07. The lowest BCUT2D eigenvalue weighted by atomic mass is 10.1. The molecule has 3 rings (SSSR count). The van der Waals surface area contributed by atoms with Gasteiger partial charge in [0, 0.05) is 11.3 Å². The summed E-state index contributed by atoms with van der Waals surface area (Å²) in [5.41, 5.74) is 7.84. The zero-order valence-corrected chi connectivity index (χ0v) is 12.5. The number of nitrogens with two attached hydrogens (primary N) is 1. The Hall–Kier alpha value is -3.08. The van der Waals surface area contributed by atoms with Gasteiger partial charge in [-0.1, -0.05) is 24.3 Å². The molecule has 1 aromatic heterocycles. The van der Waals surface area contributed by atoms with E-state index in [9.17, 15) is 9.18 Å². The number of benzene rings is 2. The Morgan fingerprint density at radius 2 is 1.74 bits per heavy atom. The molecule has 0 aliphatic carbocycles. The molecule has 2 aromatic carbocycles. The molecule has 0 atom stereocenters. The van der Waals surface area contributed by atoms with E-state index in [4.69, 9.17) is 10.5 Å². The molecule has 1 amide bonds. The number of H-pyrrole nitrogens is 1. The van der Waals surface area contributed by atoms with Crippen LogP contribution >= 0.6 is 0 Å². The summed E-state index contributed by atoms with van der Waals surface area (Å²) in [4.78, 5) is 14.5. The number of aryl methyl sites for hydroxylation is 1. The van der Waals surface area contributed by atoms with Crippen LogP contribution in [0.1, 0.15) is 16.1 Å². The highest BCUT2D eigenvalue weighted by Gasteiger charge is 2.14. The Labute approximate surface area is 132 Å². The average molecular weight is 310 g/mol. The van der Waals surface area contributed by atoms with Crippen LogP contribution in [0.3, 0.4) is 0 Å². The van der Waals surface area contributed by atoms with Gasteiger partial charge in [0.25, 0.3) is 5.91 Å². The maximum absolute atomic E-state index is 13.8. The molecule has 0 radical (unpaired) electrons. The van der Waals surface area contributed by atoms with Crippen LogP contribution in [-0.4, -0.2) is 10.9 Å². The van der Waals surface area contributed by atoms with Crippen LogP contribution in [-0.2, 0) is 0 Å². The van der Waals surface area contributed by atoms with Gasteiger partial charge in [0.15, 0.2) is 11.6 Å². The molecule has 1 heterocycles. The van der Waals surface area contributed by atoms with Gasteiger partial charge in [-0.05, 0) is 37.3 Å². The maximum Gasteiger partial charge on any atom is 0.250 e. The number of nitrogens with one attached hydrogen (secondary N) is 1. The van der Waals surface area contributed by atoms with Crippen LogP contribution in [0.2, 0.25) is 0 Å². The molecule has 0 saturated heterocycles. The number of aromatic nitrogens is 1. The second-order valence-corrected chi connectivity index (χ2v) is 5.11. The van der Waals surface area contributed by atoms with Gasteiger partial charge in [0.05, 0.1) is 11.3 Å². The number of primary amides is 1. The molecule has 0 fully saturated rings. The molecule has 0 spiro atoms. The van der Waals surface area contributed by atoms with Crippen LogP contribution in [0.25, 0.3) is 11.3 Å². The van der Waals surface area contributed by atoms with Crippen LogP contribution in [0.5, 0.6) is 11.5 Å². The van der Waals surface area contributed by atoms with E-state index >= 15 is 0 Å². The maximum atomic E-state index is 13.8. The summed E-state index contributed by atoms with van der Waals surface area (Å²) in [5.74, 6) is -0.325. The molecule has 0 saturated carbocycles. The lowest BCUT2D eigenvalue weighted by Gasteiger charge is -2.10. The Kier molecular flexibility index (Phi) is 3.85. The van der Waals surface area contributed by atoms with Gasteiger partial charge >= 0.3 is 0 Å². The summed E-state index contributed by atoms with van der Waals surface area (Å²) in [6.45, 7) is 1.77. The average Bonchev–Trinajstić information content (AvgIpc) is 2.92. The zero-order valence-electron chi connectivity index (χ0n) is 12.5.